The van der Waals surface area contributed by atoms with Crippen molar-refractivity contribution in [3.8, 4) is 0 Å². The molecule has 1 heterocycles. The Morgan fingerprint density at radius 1 is 0.700 bits per heavy atom. The van der Waals surface area contributed by atoms with Gasteiger partial charge in [-0.3, -0.25) is 9.80 Å². The molecular formula is C17H20N2S. The molecule has 0 atom stereocenters. The van der Waals surface area contributed by atoms with Crippen molar-refractivity contribution in [2.45, 2.75) is 13.1 Å². The van der Waals surface area contributed by atoms with Gasteiger partial charge in [0.25, 0.3) is 0 Å². The molecule has 0 aliphatic carbocycles. The molecule has 20 heavy (non-hydrogen) atoms. The zero-order chi connectivity index (χ0) is 13.6. The molecule has 0 bridgehead atoms. The van der Waals surface area contributed by atoms with Crippen LogP contribution in [0.1, 0.15) is 11.1 Å². The molecule has 1 aliphatic rings. The van der Waals surface area contributed by atoms with Gasteiger partial charge in [-0.2, -0.15) is 0 Å². The summed E-state index contributed by atoms with van der Waals surface area (Å²) in [5.74, 6) is 2.25. The summed E-state index contributed by atoms with van der Waals surface area (Å²) in [7, 11) is 0. The van der Waals surface area contributed by atoms with Gasteiger partial charge in [0.05, 0.1) is 6.67 Å². The third kappa shape index (κ3) is 3.85. The maximum atomic E-state index is 2.51. The average Bonchev–Trinajstić information content (AvgIpc) is 2.50. The highest BCUT2D eigenvalue weighted by Crippen LogP contribution is 2.19. The third-order valence-electron chi connectivity index (χ3n) is 3.45. The standard InChI is InChI=1S/C17H20N2S/c1-3-7-16(8-4-1)11-18-13-19(15-20-14-18)12-17-9-5-2-6-10-17/h1-10H,11-15H2. The molecule has 1 fully saturated rings. The van der Waals surface area contributed by atoms with Crippen LogP contribution in [0.2, 0.25) is 0 Å². The number of hydrogen-bond donors (Lipinski definition) is 0. The Balaban J connectivity index is 1.57. The molecule has 2 nitrogen and oxygen atoms in total. The Bertz CT molecular complexity index is 468. The fourth-order valence-electron chi connectivity index (χ4n) is 2.54. The Morgan fingerprint density at radius 3 is 1.60 bits per heavy atom. The summed E-state index contributed by atoms with van der Waals surface area (Å²) < 4.78 is 0. The van der Waals surface area contributed by atoms with Crippen LogP contribution in [0.5, 0.6) is 0 Å². The third-order valence-corrected chi connectivity index (χ3v) is 4.54. The van der Waals surface area contributed by atoms with E-state index < -0.39 is 0 Å². The zero-order valence-electron chi connectivity index (χ0n) is 11.6. The van der Waals surface area contributed by atoms with Crippen molar-refractivity contribution in [1.82, 2.24) is 9.80 Å². The van der Waals surface area contributed by atoms with E-state index in [0.29, 0.717) is 0 Å². The Labute approximate surface area is 125 Å². The van der Waals surface area contributed by atoms with Gasteiger partial charge in [0, 0.05) is 24.8 Å². The molecule has 0 radical (unpaired) electrons. The van der Waals surface area contributed by atoms with Gasteiger partial charge in [0.2, 0.25) is 0 Å². The van der Waals surface area contributed by atoms with Gasteiger partial charge >= 0.3 is 0 Å². The second-order valence-corrected chi connectivity index (χ2v) is 6.16. The topological polar surface area (TPSA) is 6.48 Å². The molecule has 0 unspecified atom stereocenters. The van der Waals surface area contributed by atoms with Crippen LogP contribution in [-0.2, 0) is 13.1 Å². The van der Waals surface area contributed by atoms with E-state index in [-0.39, 0.29) is 0 Å². The second kappa shape index (κ2) is 6.93. The van der Waals surface area contributed by atoms with Crippen molar-refractivity contribution < 1.29 is 0 Å². The molecule has 2 aromatic rings. The van der Waals surface area contributed by atoms with E-state index in [1.54, 1.807) is 0 Å². The van der Waals surface area contributed by atoms with E-state index in [4.69, 9.17) is 0 Å². The predicted molar refractivity (Wildman–Crippen MR) is 86.2 cm³/mol. The molecule has 1 aliphatic heterocycles. The van der Waals surface area contributed by atoms with Crippen LogP contribution < -0.4 is 0 Å². The first-order chi connectivity index (χ1) is 9.90. The number of hydrogen-bond acceptors (Lipinski definition) is 3. The molecule has 0 spiro atoms. The molecule has 2 aromatic carbocycles. The van der Waals surface area contributed by atoms with E-state index in [2.05, 4.69) is 70.5 Å². The first kappa shape index (κ1) is 13.7. The molecule has 3 rings (SSSR count). The fourth-order valence-corrected chi connectivity index (χ4v) is 3.48. The van der Waals surface area contributed by atoms with E-state index in [0.717, 1.165) is 31.5 Å². The lowest BCUT2D eigenvalue weighted by Crippen LogP contribution is -2.41. The lowest BCUT2D eigenvalue weighted by Gasteiger charge is -2.35. The maximum Gasteiger partial charge on any atom is 0.0528 e. The van der Waals surface area contributed by atoms with Crippen molar-refractivity contribution in [2.24, 2.45) is 0 Å². The van der Waals surface area contributed by atoms with Gasteiger partial charge in [0.1, 0.15) is 0 Å². The van der Waals surface area contributed by atoms with Gasteiger partial charge in [-0.1, -0.05) is 60.7 Å². The van der Waals surface area contributed by atoms with E-state index >= 15 is 0 Å². The first-order valence-electron chi connectivity index (χ1n) is 7.00. The minimum atomic E-state index is 1.04. The summed E-state index contributed by atoms with van der Waals surface area (Å²) >= 11 is 2.00. The molecule has 104 valence electrons. The number of nitrogens with zero attached hydrogens (tertiary/aromatic N) is 2. The van der Waals surface area contributed by atoms with Crippen molar-refractivity contribution in [3.63, 3.8) is 0 Å². The Morgan fingerprint density at radius 2 is 1.15 bits per heavy atom. The highest BCUT2D eigenvalue weighted by atomic mass is 32.2. The van der Waals surface area contributed by atoms with Gasteiger partial charge in [0.15, 0.2) is 0 Å². The van der Waals surface area contributed by atoms with Gasteiger partial charge < -0.3 is 0 Å². The normalized spacial score (nSPS) is 17.2. The van der Waals surface area contributed by atoms with Gasteiger partial charge in [-0.25, -0.2) is 0 Å². The highest BCUT2D eigenvalue weighted by molar-refractivity contribution is 7.99. The maximum absolute atomic E-state index is 2.51. The SMILES string of the molecule is c1ccc(CN2CSCN(Cc3ccccc3)C2)cc1. The largest absolute Gasteiger partial charge is 0.277 e. The van der Waals surface area contributed by atoms with Gasteiger partial charge in [-0.15, -0.1) is 11.8 Å². The molecule has 0 amide bonds. The summed E-state index contributed by atoms with van der Waals surface area (Å²) in [4.78, 5) is 5.01. The smallest absolute Gasteiger partial charge is 0.0528 e. The van der Waals surface area contributed by atoms with Crippen LogP contribution in [0.4, 0.5) is 0 Å². The predicted octanol–water partition coefficient (Wildman–Crippen LogP) is 3.61. The highest BCUT2D eigenvalue weighted by Gasteiger charge is 2.17. The van der Waals surface area contributed by atoms with E-state index in [1.165, 1.54) is 11.1 Å². The van der Waals surface area contributed by atoms with Crippen LogP contribution in [0.25, 0.3) is 0 Å². The van der Waals surface area contributed by atoms with Crippen LogP contribution in [-0.4, -0.2) is 28.2 Å². The minimum Gasteiger partial charge on any atom is -0.277 e. The quantitative estimate of drug-likeness (QED) is 0.847. The number of rotatable bonds is 4. The van der Waals surface area contributed by atoms with E-state index in [9.17, 15) is 0 Å². The minimum absolute atomic E-state index is 1.04. The Kier molecular flexibility index (Phi) is 4.74. The van der Waals surface area contributed by atoms with Crippen molar-refractivity contribution in [1.29, 1.82) is 0 Å². The fraction of sp³-hybridized carbons (Fsp3) is 0.294. The molecule has 0 aromatic heterocycles. The van der Waals surface area contributed by atoms with Gasteiger partial charge in [-0.05, 0) is 11.1 Å². The number of thioether (sulfide) groups is 1. The molecule has 3 heteroatoms. The number of benzene rings is 2. The van der Waals surface area contributed by atoms with Crippen LogP contribution >= 0.6 is 11.8 Å². The summed E-state index contributed by atoms with van der Waals surface area (Å²) in [6, 6.07) is 21.5. The summed E-state index contributed by atoms with van der Waals surface area (Å²) in [6.07, 6.45) is 0. The monoisotopic (exact) mass is 284 g/mol. The van der Waals surface area contributed by atoms with Crippen molar-refractivity contribution in [3.05, 3.63) is 71.8 Å². The first-order valence-corrected chi connectivity index (χ1v) is 8.16. The summed E-state index contributed by atoms with van der Waals surface area (Å²) in [5, 5.41) is 0. The van der Waals surface area contributed by atoms with Crippen LogP contribution in [0.3, 0.4) is 0 Å². The molecule has 1 saturated heterocycles. The summed E-state index contributed by atoms with van der Waals surface area (Å²) in [5.41, 5.74) is 2.80. The lowest BCUT2D eigenvalue weighted by atomic mass is 10.2. The zero-order valence-corrected chi connectivity index (χ0v) is 12.4. The van der Waals surface area contributed by atoms with Crippen molar-refractivity contribution in [2.75, 3.05) is 18.4 Å². The molecule has 0 saturated carbocycles. The van der Waals surface area contributed by atoms with Crippen molar-refractivity contribution >= 4 is 11.8 Å². The average molecular weight is 284 g/mol. The molecule has 0 N–H and O–H groups in total. The van der Waals surface area contributed by atoms with E-state index in [1.807, 2.05) is 11.8 Å². The van der Waals surface area contributed by atoms with Crippen LogP contribution in [0.15, 0.2) is 60.7 Å². The Hall–Kier alpha value is -1.29. The molecular weight excluding hydrogens is 264 g/mol. The van der Waals surface area contributed by atoms with Crippen LogP contribution in [0, 0.1) is 0 Å². The lowest BCUT2D eigenvalue weighted by molar-refractivity contribution is 0.146. The second-order valence-electron chi connectivity index (χ2n) is 5.23. The summed E-state index contributed by atoms with van der Waals surface area (Å²) in [6.45, 7) is 3.13.